The molecule has 0 aromatic heterocycles. The first-order valence-electron chi connectivity index (χ1n) is 6.00. The minimum absolute atomic E-state index is 0.0177. The highest BCUT2D eigenvalue weighted by atomic mass is 35.5. The largest absolute Gasteiger partial charge is 0.289 e. The molecule has 2 aromatic carbocycles. The van der Waals surface area contributed by atoms with Crippen LogP contribution in [0.1, 0.15) is 15.9 Å². The van der Waals surface area contributed by atoms with E-state index in [4.69, 9.17) is 11.6 Å². The van der Waals surface area contributed by atoms with Crippen molar-refractivity contribution >= 4 is 29.1 Å². The van der Waals surface area contributed by atoms with E-state index < -0.39 is 28.0 Å². The van der Waals surface area contributed by atoms with Crippen LogP contribution in [0, 0.1) is 21.7 Å². The molecule has 2 rings (SSSR count). The Hall–Kier alpha value is -2.60. The molecule has 112 valence electrons. The third kappa shape index (κ3) is 3.35. The van der Waals surface area contributed by atoms with Gasteiger partial charge in [0.1, 0.15) is 5.02 Å². The average molecular weight is 324 g/mol. The molecule has 0 amide bonds. The molecule has 0 N–H and O–H groups in total. The summed E-state index contributed by atoms with van der Waals surface area (Å²) in [6, 6.07) is 7.11. The molecule has 0 aliphatic heterocycles. The Morgan fingerprint density at radius 2 is 1.95 bits per heavy atom. The maximum absolute atomic E-state index is 13.4. The van der Waals surface area contributed by atoms with Crippen molar-refractivity contribution in [1.82, 2.24) is 0 Å². The third-order valence-corrected chi connectivity index (χ3v) is 3.14. The molecule has 7 heteroatoms. The summed E-state index contributed by atoms with van der Waals surface area (Å²) in [6.07, 6.45) is 2.10. The van der Waals surface area contributed by atoms with E-state index in [-0.39, 0.29) is 16.1 Å². The van der Waals surface area contributed by atoms with Crippen LogP contribution in [-0.2, 0) is 0 Å². The Labute approximate surface area is 128 Å². The first kappa shape index (κ1) is 15.8. The minimum Gasteiger partial charge on any atom is -0.289 e. The van der Waals surface area contributed by atoms with Gasteiger partial charge in [-0.25, -0.2) is 8.78 Å². The van der Waals surface area contributed by atoms with Gasteiger partial charge in [0.05, 0.1) is 4.92 Å². The second kappa shape index (κ2) is 6.44. The summed E-state index contributed by atoms with van der Waals surface area (Å²) in [5.74, 6) is -2.70. The van der Waals surface area contributed by atoms with E-state index in [0.29, 0.717) is 0 Å². The molecule has 0 aliphatic carbocycles. The number of nitro groups is 1. The number of carbonyl (C=O) groups is 1. The summed E-state index contributed by atoms with van der Waals surface area (Å²) >= 11 is 5.64. The molecule has 0 saturated heterocycles. The molecule has 0 radical (unpaired) electrons. The van der Waals surface area contributed by atoms with Crippen molar-refractivity contribution in [2.24, 2.45) is 0 Å². The number of hydrogen-bond acceptors (Lipinski definition) is 3. The van der Waals surface area contributed by atoms with E-state index >= 15 is 0 Å². The van der Waals surface area contributed by atoms with Crippen LogP contribution >= 0.6 is 11.6 Å². The highest BCUT2D eigenvalue weighted by Crippen LogP contribution is 2.25. The first-order chi connectivity index (χ1) is 10.4. The number of rotatable bonds is 4. The highest BCUT2D eigenvalue weighted by Gasteiger charge is 2.15. The second-order valence-electron chi connectivity index (χ2n) is 4.26. The van der Waals surface area contributed by atoms with Gasteiger partial charge in [-0.1, -0.05) is 23.7 Å². The van der Waals surface area contributed by atoms with E-state index in [2.05, 4.69) is 0 Å². The van der Waals surface area contributed by atoms with Crippen molar-refractivity contribution in [3.63, 3.8) is 0 Å². The molecular formula is C15H8ClF2NO3. The summed E-state index contributed by atoms with van der Waals surface area (Å²) in [6.45, 7) is 0. The SMILES string of the molecule is O=C(/C=C/c1cccc(F)c1F)c1ccc(Cl)c([N+](=O)[O-])c1. The van der Waals surface area contributed by atoms with Crippen molar-refractivity contribution in [3.8, 4) is 0 Å². The van der Waals surface area contributed by atoms with Crippen molar-refractivity contribution < 1.29 is 18.5 Å². The van der Waals surface area contributed by atoms with Gasteiger partial charge in [-0.15, -0.1) is 0 Å². The predicted octanol–water partition coefficient (Wildman–Crippen LogP) is 4.42. The van der Waals surface area contributed by atoms with E-state index in [1.54, 1.807) is 0 Å². The maximum Gasteiger partial charge on any atom is 0.288 e. The van der Waals surface area contributed by atoms with E-state index in [1.807, 2.05) is 0 Å². The Bertz CT molecular complexity index is 790. The highest BCUT2D eigenvalue weighted by molar-refractivity contribution is 6.32. The number of carbonyl (C=O) groups excluding carboxylic acids is 1. The zero-order valence-corrected chi connectivity index (χ0v) is 11.7. The van der Waals surface area contributed by atoms with Crippen molar-refractivity contribution in [1.29, 1.82) is 0 Å². The fraction of sp³-hybridized carbons (Fsp3) is 0. The third-order valence-electron chi connectivity index (χ3n) is 2.82. The molecule has 0 bridgehead atoms. The Morgan fingerprint density at radius 1 is 1.23 bits per heavy atom. The fourth-order valence-electron chi connectivity index (χ4n) is 1.72. The quantitative estimate of drug-likeness (QED) is 0.362. The van der Waals surface area contributed by atoms with Crippen molar-refractivity contribution in [2.45, 2.75) is 0 Å². The maximum atomic E-state index is 13.4. The summed E-state index contributed by atoms with van der Waals surface area (Å²) in [5.41, 5.74) is -0.487. The topological polar surface area (TPSA) is 60.2 Å². The Balaban J connectivity index is 2.29. The molecule has 4 nitrogen and oxygen atoms in total. The van der Waals surface area contributed by atoms with Crippen LogP contribution in [-0.4, -0.2) is 10.7 Å². The Kier molecular flexibility index (Phi) is 4.62. The number of nitro benzene ring substituents is 1. The van der Waals surface area contributed by atoms with Crippen molar-refractivity contribution in [2.75, 3.05) is 0 Å². The standard InChI is InChI=1S/C15H8ClF2NO3/c16-11-6-4-10(8-13(11)19(21)22)14(20)7-5-9-2-1-3-12(17)15(9)18/h1-8H/b7-5+. The molecule has 2 aromatic rings. The van der Waals surface area contributed by atoms with Gasteiger partial charge in [-0.3, -0.25) is 14.9 Å². The lowest BCUT2D eigenvalue weighted by molar-refractivity contribution is -0.384. The monoisotopic (exact) mass is 323 g/mol. The molecule has 0 atom stereocenters. The van der Waals surface area contributed by atoms with Gasteiger partial charge in [-0.2, -0.15) is 0 Å². The van der Waals surface area contributed by atoms with Gasteiger partial charge in [0.25, 0.3) is 5.69 Å². The molecule has 0 aliphatic rings. The second-order valence-corrected chi connectivity index (χ2v) is 4.67. The zero-order valence-electron chi connectivity index (χ0n) is 10.9. The smallest absolute Gasteiger partial charge is 0.288 e. The van der Waals surface area contributed by atoms with Crippen LogP contribution in [0.25, 0.3) is 6.08 Å². The van der Waals surface area contributed by atoms with E-state index in [9.17, 15) is 23.7 Å². The van der Waals surface area contributed by atoms with Gasteiger partial charge in [0.15, 0.2) is 17.4 Å². The van der Waals surface area contributed by atoms with Crippen molar-refractivity contribution in [3.05, 3.63) is 80.4 Å². The molecule has 22 heavy (non-hydrogen) atoms. The van der Waals surface area contributed by atoms with Gasteiger partial charge in [0.2, 0.25) is 0 Å². The number of halogens is 3. The lowest BCUT2D eigenvalue weighted by atomic mass is 10.1. The van der Waals surface area contributed by atoms with Crippen LogP contribution < -0.4 is 0 Å². The molecule has 0 spiro atoms. The number of benzene rings is 2. The number of allylic oxidation sites excluding steroid dienone is 1. The molecule has 0 heterocycles. The minimum atomic E-state index is -1.08. The number of ketones is 1. The number of nitrogens with zero attached hydrogens (tertiary/aromatic N) is 1. The lowest BCUT2D eigenvalue weighted by Gasteiger charge is -2.00. The normalized spacial score (nSPS) is 10.9. The van der Waals surface area contributed by atoms with Crippen LogP contribution in [0.4, 0.5) is 14.5 Å². The average Bonchev–Trinajstić information content (AvgIpc) is 2.48. The van der Waals surface area contributed by atoms with E-state index in [1.165, 1.54) is 24.3 Å². The molecule has 0 unspecified atom stereocenters. The van der Waals surface area contributed by atoms with Crippen LogP contribution in [0.15, 0.2) is 42.5 Å². The van der Waals surface area contributed by atoms with Gasteiger partial charge < -0.3 is 0 Å². The van der Waals surface area contributed by atoms with Gasteiger partial charge >= 0.3 is 0 Å². The van der Waals surface area contributed by atoms with E-state index in [0.717, 1.165) is 24.3 Å². The zero-order chi connectivity index (χ0) is 16.3. The Morgan fingerprint density at radius 3 is 2.64 bits per heavy atom. The van der Waals surface area contributed by atoms with Gasteiger partial charge in [-0.05, 0) is 30.4 Å². The number of hydrogen-bond donors (Lipinski definition) is 0. The molecule has 0 fully saturated rings. The van der Waals surface area contributed by atoms with Crippen LogP contribution in [0.3, 0.4) is 0 Å². The van der Waals surface area contributed by atoms with Crippen LogP contribution in [0.2, 0.25) is 5.02 Å². The lowest BCUT2D eigenvalue weighted by Crippen LogP contribution is -1.97. The molecular weight excluding hydrogens is 316 g/mol. The molecule has 0 saturated carbocycles. The summed E-state index contributed by atoms with van der Waals surface area (Å²) in [5, 5.41) is 10.7. The summed E-state index contributed by atoms with van der Waals surface area (Å²) < 4.78 is 26.5. The van der Waals surface area contributed by atoms with Crippen LogP contribution in [0.5, 0.6) is 0 Å². The van der Waals surface area contributed by atoms with Gasteiger partial charge in [0, 0.05) is 17.2 Å². The predicted molar refractivity (Wildman–Crippen MR) is 77.8 cm³/mol. The first-order valence-corrected chi connectivity index (χ1v) is 6.38. The fourth-order valence-corrected chi connectivity index (χ4v) is 1.90. The summed E-state index contributed by atoms with van der Waals surface area (Å²) in [4.78, 5) is 22.0. The summed E-state index contributed by atoms with van der Waals surface area (Å²) in [7, 11) is 0.